The SMILES string of the molecule is COc1ccc2c(c1)c(CC(=O)NCCn1[se]c3ccccc3c1=O)c(C)n2C(=O)c1ccc(Cl)cc1. The van der Waals surface area contributed by atoms with Gasteiger partial charge in [0.15, 0.2) is 0 Å². The Morgan fingerprint density at radius 2 is 1.78 bits per heavy atom. The van der Waals surface area contributed by atoms with Crippen LogP contribution >= 0.6 is 11.6 Å². The topological polar surface area (TPSA) is 82.3 Å². The van der Waals surface area contributed by atoms with Crippen molar-refractivity contribution in [3.63, 3.8) is 0 Å². The molecular formula is C28H24ClN3O4Se. The number of ether oxygens (including phenoxy) is 1. The number of carbonyl (C=O) groups excluding carboxylic acids is 2. The number of nitrogens with zero attached hydrogens (tertiary/aromatic N) is 2. The van der Waals surface area contributed by atoms with Crippen LogP contribution in [-0.2, 0) is 17.8 Å². The molecule has 0 saturated heterocycles. The molecule has 0 fully saturated rings. The Morgan fingerprint density at radius 3 is 2.51 bits per heavy atom. The third-order valence-corrected chi connectivity index (χ3v) is 8.97. The summed E-state index contributed by atoms with van der Waals surface area (Å²) in [7, 11) is 1.58. The predicted molar refractivity (Wildman–Crippen MR) is 146 cm³/mol. The first kappa shape index (κ1) is 25.1. The van der Waals surface area contributed by atoms with Crippen molar-refractivity contribution in [3.05, 3.63) is 98.9 Å². The maximum atomic E-state index is 13.4. The van der Waals surface area contributed by atoms with Crippen LogP contribution in [0.3, 0.4) is 0 Å². The van der Waals surface area contributed by atoms with Gasteiger partial charge in [-0.25, -0.2) is 0 Å². The molecule has 0 spiro atoms. The monoisotopic (exact) mass is 581 g/mol. The van der Waals surface area contributed by atoms with E-state index in [9.17, 15) is 14.4 Å². The van der Waals surface area contributed by atoms with E-state index in [0.29, 0.717) is 40.6 Å². The first-order valence-corrected chi connectivity index (χ1v) is 13.7. The minimum atomic E-state index is -0.203. The molecule has 5 rings (SSSR count). The molecule has 188 valence electrons. The van der Waals surface area contributed by atoms with Crippen molar-refractivity contribution in [2.45, 2.75) is 19.9 Å². The Bertz CT molecular complexity index is 1700. The standard InChI is InChI=1S/C28H24ClN3O4Se/c1-17-22(16-26(33)30-13-14-31-28(35)21-5-3-4-6-25(21)37-31)23-15-20(36-2)11-12-24(23)32(17)27(34)18-7-9-19(29)10-8-18/h3-12,15H,13-14,16H2,1-2H3,(H,30,33). The molecule has 1 amide bonds. The second-order valence-corrected chi connectivity index (χ2v) is 11.3. The summed E-state index contributed by atoms with van der Waals surface area (Å²) < 4.78 is 9.89. The summed E-state index contributed by atoms with van der Waals surface area (Å²) in [6, 6.07) is 19.8. The van der Waals surface area contributed by atoms with E-state index in [4.69, 9.17) is 16.3 Å². The van der Waals surface area contributed by atoms with Crippen molar-refractivity contribution < 1.29 is 14.3 Å². The molecule has 0 atom stereocenters. The van der Waals surface area contributed by atoms with E-state index in [1.54, 1.807) is 45.6 Å². The fraction of sp³-hybridized carbons (Fsp3) is 0.179. The molecular weight excluding hydrogens is 557 g/mol. The van der Waals surface area contributed by atoms with Crippen LogP contribution in [0.25, 0.3) is 20.5 Å². The van der Waals surface area contributed by atoms with Gasteiger partial charge < -0.3 is 0 Å². The van der Waals surface area contributed by atoms with Gasteiger partial charge in [0, 0.05) is 5.02 Å². The number of hydrogen-bond donors (Lipinski definition) is 1. The number of nitrogens with one attached hydrogen (secondary N) is 1. The minimum Gasteiger partial charge on any atom is -0.0843 e. The van der Waals surface area contributed by atoms with Crippen LogP contribution in [0.1, 0.15) is 21.6 Å². The van der Waals surface area contributed by atoms with E-state index >= 15 is 0 Å². The van der Waals surface area contributed by atoms with Crippen molar-refractivity contribution in [2.75, 3.05) is 13.7 Å². The smallest absolute Gasteiger partial charge is 0.0843 e. The molecule has 0 saturated carbocycles. The summed E-state index contributed by atoms with van der Waals surface area (Å²) in [6.07, 6.45) is 0.0930. The van der Waals surface area contributed by atoms with E-state index < -0.39 is 0 Å². The molecule has 3 aromatic carbocycles. The predicted octanol–water partition coefficient (Wildman–Crippen LogP) is 4.03. The Labute approximate surface area is 224 Å². The van der Waals surface area contributed by atoms with Gasteiger partial charge in [0.25, 0.3) is 0 Å². The van der Waals surface area contributed by atoms with Crippen molar-refractivity contribution in [1.29, 1.82) is 0 Å². The molecule has 0 aliphatic rings. The number of methoxy groups -OCH3 is 1. The van der Waals surface area contributed by atoms with Crippen LogP contribution in [-0.4, -0.2) is 48.3 Å². The van der Waals surface area contributed by atoms with Gasteiger partial charge in [0.1, 0.15) is 0 Å². The molecule has 1 N–H and O–H groups in total. The number of rotatable bonds is 7. The Morgan fingerprint density at radius 1 is 1.03 bits per heavy atom. The molecule has 9 heteroatoms. The number of hydrogen-bond acceptors (Lipinski definition) is 4. The normalized spacial score (nSPS) is 11.2. The van der Waals surface area contributed by atoms with Gasteiger partial charge in [-0.1, -0.05) is 11.6 Å². The summed E-state index contributed by atoms with van der Waals surface area (Å²) in [5.41, 5.74) is 2.64. The number of amides is 1. The number of fused-ring (bicyclic) bond motifs is 2. The van der Waals surface area contributed by atoms with Gasteiger partial charge in [-0.05, 0) is 12.1 Å². The van der Waals surface area contributed by atoms with Gasteiger partial charge >= 0.3 is 196 Å². The van der Waals surface area contributed by atoms with Gasteiger partial charge in [-0.15, -0.1) is 0 Å². The third-order valence-electron chi connectivity index (χ3n) is 6.36. The van der Waals surface area contributed by atoms with E-state index in [1.165, 1.54) is 0 Å². The van der Waals surface area contributed by atoms with Gasteiger partial charge in [-0.2, -0.15) is 0 Å². The maximum absolute atomic E-state index is 13.4. The molecule has 0 aliphatic carbocycles. The zero-order valence-corrected chi connectivity index (χ0v) is 22.8. The summed E-state index contributed by atoms with van der Waals surface area (Å²) in [6.45, 7) is 2.64. The molecule has 0 bridgehead atoms. The van der Waals surface area contributed by atoms with E-state index in [0.717, 1.165) is 20.6 Å². The van der Waals surface area contributed by atoms with E-state index in [1.807, 2.05) is 43.3 Å². The average Bonchev–Trinajstić information content (AvgIpc) is 3.37. The fourth-order valence-corrected chi connectivity index (χ4v) is 6.69. The molecule has 0 radical (unpaired) electrons. The molecule has 7 nitrogen and oxygen atoms in total. The van der Waals surface area contributed by atoms with Crippen LogP contribution in [0.2, 0.25) is 5.02 Å². The van der Waals surface area contributed by atoms with Crippen LogP contribution in [0.5, 0.6) is 5.75 Å². The van der Waals surface area contributed by atoms with Crippen LogP contribution in [0.4, 0.5) is 0 Å². The quantitative estimate of drug-likeness (QED) is 0.295. The van der Waals surface area contributed by atoms with Gasteiger partial charge in [-0.3, -0.25) is 0 Å². The molecule has 2 aromatic heterocycles. The van der Waals surface area contributed by atoms with Gasteiger partial charge in [0.2, 0.25) is 0 Å². The van der Waals surface area contributed by atoms with Crippen molar-refractivity contribution in [3.8, 4) is 5.75 Å². The fourth-order valence-electron chi connectivity index (χ4n) is 4.48. The second kappa shape index (κ2) is 10.4. The summed E-state index contributed by atoms with van der Waals surface area (Å²) in [4.78, 5) is 39.0. The molecule has 2 heterocycles. The third kappa shape index (κ3) is 4.88. The Balaban J connectivity index is 1.39. The van der Waals surface area contributed by atoms with Crippen molar-refractivity contribution >= 4 is 58.7 Å². The zero-order chi connectivity index (χ0) is 26.1. The molecule has 37 heavy (non-hydrogen) atoms. The van der Waals surface area contributed by atoms with Crippen LogP contribution in [0.15, 0.2) is 71.5 Å². The minimum absolute atomic E-state index is 0.0107. The Hall–Kier alpha value is -3.58. The van der Waals surface area contributed by atoms with E-state index in [-0.39, 0.29) is 38.5 Å². The molecule has 0 aliphatic heterocycles. The average molecular weight is 581 g/mol. The number of carbonyl (C=O) groups is 2. The number of aromatic nitrogens is 2. The van der Waals surface area contributed by atoms with Crippen molar-refractivity contribution in [2.24, 2.45) is 0 Å². The molecule has 5 aromatic rings. The first-order chi connectivity index (χ1) is 17.9. The van der Waals surface area contributed by atoms with E-state index in [2.05, 4.69) is 5.32 Å². The van der Waals surface area contributed by atoms with Crippen molar-refractivity contribution in [1.82, 2.24) is 13.4 Å². The van der Waals surface area contributed by atoms with Crippen LogP contribution in [0, 0.1) is 6.92 Å². The Kier molecular flexibility index (Phi) is 7.06. The summed E-state index contributed by atoms with van der Waals surface area (Å²) in [5, 5.41) is 5.02. The number of halogens is 1. The zero-order valence-electron chi connectivity index (χ0n) is 20.3. The second-order valence-electron chi connectivity index (χ2n) is 8.62. The summed E-state index contributed by atoms with van der Waals surface area (Å²) >= 11 is 5.92. The molecule has 0 unspecified atom stereocenters. The number of benzene rings is 3. The first-order valence-electron chi connectivity index (χ1n) is 11.7. The summed E-state index contributed by atoms with van der Waals surface area (Å²) in [5.74, 6) is 0.255. The van der Waals surface area contributed by atoms with Crippen LogP contribution < -0.4 is 15.6 Å². The van der Waals surface area contributed by atoms with Gasteiger partial charge in [0.05, 0.1) is 0 Å².